The molecular formula is C20H19Cl2N3O. The Kier molecular flexibility index (Phi) is 5.25. The van der Waals surface area contributed by atoms with Crippen LogP contribution in [0.2, 0.25) is 10.0 Å². The lowest BCUT2D eigenvalue weighted by Crippen LogP contribution is -2.13. The maximum atomic E-state index is 12.7. The molecule has 2 aromatic carbocycles. The Morgan fingerprint density at radius 1 is 1.08 bits per heavy atom. The van der Waals surface area contributed by atoms with E-state index in [-0.39, 0.29) is 5.91 Å². The zero-order valence-electron chi connectivity index (χ0n) is 14.5. The summed E-state index contributed by atoms with van der Waals surface area (Å²) in [4.78, 5) is 12.7. The van der Waals surface area contributed by atoms with Crippen molar-refractivity contribution < 1.29 is 4.79 Å². The third kappa shape index (κ3) is 3.71. The van der Waals surface area contributed by atoms with Crippen molar-refractivity contribution in [3.8, 4) is 0 Å². The molecule has 26 heavy (non-hydrogen) atoms. The number of rotatable bonds is 4. The number of hydrogen-bond donors (Lipinski definition) is 2. The van der Waals surface area contributed by atoms with Gasteiger partial charge in [0.05, 0.1) is 21.3 Å². The molecule has 3 rings (SSSR count). The summed E-state index contributed by atoms with van der Waals surface area (Å²) in [5, 5.41) is 3.45. The predicted molar refractivity (Wildman–Crippen MR) is 108 cm³/mol. The minimum atomic E-state index is -0.214. The topological polar surface area (TPSA) is 60.1 Å². The number of amides is 1. The lowest BCUT2D eigenvalue weighted by Gasteiger charge is -2.11. The number of aromatic nitrogens is 1. The summed E-state index contributed by atoms with van der Waals surface area (Å²) in [6.07, 6.45) is 0. The molecule has 134 valence electrons. The molecule has 0 atom stereocenters. The highest BCUT2D eigenvalue weighted by Gasteiger charge is 2.17. The van der Waals surface area contributed by atoms with Crippen LogP contribution >= 0.6 is 23.2 Å². The maximum Gasteiger partial charge on any atom is 0.257 e. The highest BCUT2D eigenvalue weighted by molar-refractivity contribution is 6.39. The van der Waals surface area contributed by atoms with Crippen LogP contribution in [0.25, 0.3) is 0 Å². The molecule has 0 spiro atoms. The average molecular weight is 388 g/mol. The monoisotopic (exact) mass is 387 g/mol. The number of anilines is 2. The van der Waals surface area contributed by atoms with Gasteiger partial charge in [-0.3, -0.25) is 4.79 Å². The van der Waals surface area contributed by atoms with E-state index < -0.39 is 0 Å². The second-order valence-corrected chi connectivity index (χ2v) is 6.98. The molecule has 1 aromatic heterocycles. The Hall–Kier alpha value is -2.43. The summed E-state index contributed by atoms with van der Waals surface area (Å²) in [5.74, 6) is -0.214. The van der Waals surface area contributed by atoms with Crippen molar-refractivity contribution >= 4 is 40.5 Å². The Morgan fingerprint density at radius 2 is 1.69 bits per heavy atom. The molecule has 0 bridgehead atoms. The van der Waals surface area contributed by atoms with Gasteiger partial charge in [0.1, 0.15) is 0 Å². The summed E-state index contributed by atoms with van der Waals surface area (Å²) < 4.78 is 2.12. The van der Waals surface area contributed by atoms with Crippen molar-refractivity contribution in [2.75, 3.05) is 11.1 Å². The van der Waals surface area contributed by atoms with Gasteiger partial charge >= 0.3 is 0 Å². The molecule has 0 fully saturated rings. The molecule has 0 saturated carbocycles. The van der Waals surface area contributed by atoms with E-state index in [0.717, 1.165) is 11.4 Å². The van der Waals surface area contributed by atoms with Gasteiger partial charge in [-0.05, 0) is 37.6 Å². The predicted octanol–water partition coefficient (Wildman–Crippen LogP) is 5.29. The molecule has 0 aliphatic rings. The van der Waals surface area contributed by atoms with E-state index in [1.54, 1.807) is 12.1 Å². The van der Waals surface area contributed by atoms with Crippen molar-refractivity contribution in [1.29, 1.82) is 0 Å². The molecule has 6 heteroatoms. The number of carbonyl (C=O) groups is 1. The fraction of sp³-hybridized carbons (Fsp3) is 0.150. The van der Waals surface area contributed by atoms with Gasteiger partial charge in [0, 0.05) is 23.6 Å². The summed E-state index contributed by atoms with van der Waals surface area (Å²) >= 11 is 12.1. The quantitative estimate of drug-likeness (QED) is 0.597. The first-order chi connectivity index (χ1) is 12.4. The van der Waals surface area contributed by atoms with Crippen LogP contribution in [0.3, 0.4) is 0 Å². The first-order valence-corrected chi connectivity index (χ1v) is 8.89. The minimum absolute atomic E-state index is 0.214. The highest BCUT2D eigenvalue weighted by atomic mass is 35.5. The summed E-state index contributed by atoms with van der Waals surface area (Å²) in [5.41, 5.74) is 10.2. The van der Waals surface area contributed by atoms with Gasteiger partial charge in [0.25, 0.3) is 5.91 Å². The molecule has 1 amide bonds. The molecule has 0 unspecified atom stereocenters. The Bertz CT molecular complexity index is 942. The molecule has 0 aliphatic carbocycles. The van der Waals surface area contributed by atoms with Crippen molar-refractivity contribution in [2.45, 2.75) is 20.4 Å². The maximum absolute atomic E-state index is 12.7. The standard InChI is InChI=1S/C20H19Cl2N3O/c1-12-8-16(13(2)25(12)11-14-6-4-3-5-7-14)20(26)24-15-9-17(21)19(23)18(22)10-15/h3-10H,11,23H2,1-2H3,(H,24,26). The van der Waals surface area contributed by atoms with Gasteiger partial charge in [0.2, 0.25) is 0 Å². The van der Waals surface area contributed by atoms with Crippen LogP contribution in [0.15, 0.2) is 48.5 Å². The number of carbonyl (C=O) groups excluding carboxylic acids is 1. The first kappa shape index (κ1) is 18.4. The molecule has 4 nitrogen and oxygen atoms in total. The van der Waals surface area contributed by atoms with Crippen LogP contribution < -0.4 is 11.1 Å². The SMILES string of the molecule is Cc1cc(C(=O)Nc2cc(Cl)c(N)c(Cl)c2)c(C)n1Cc1ccccc1. The highest BCUT2D eigenvalue weighted by Crippen LogP contribution is 2.31. The van der Waals surface area contributed by atoms with E-state index in [9.17, 15) is 4.79 Å². The normalized spacial score (nSPS) is 10.8. The number of nitrogens with one attached hydrogen (secondary N) is 1. The van der Waals surface area contributed by atoms with E-state index in [0.29, 0.717) is 33.5 Å². The number of benzene rings is 2. The second-order valence-electron chi connectivity index (χ2n) is 6.16. The lowest BCUT2D eigenvalue weighted by molar-refractivity contribution is 0.102. The molecule has 0 radical (unpaired) electrons. The van der Waals surface area contributed by atoms with Crippen LogP contribution in [0.4, 0.5) is 11.4 Å². The van der Waals surface area contributed by atoms with Crippen LogP contribution in [0.5, 0.6) is 0 Å². The van der Waals surface area contributed by atoms with E-state index in [1.165, 1.54) is 5.56 Å². The third-order valence-electron chi connectivity index (χ3n) is 4.34. The van der Waals surface area contributed by atoms with Gasteiger partial charge in [-0.1, -0.05) is 53.5 Å². The fourth-order valence-corrected chi connectivity index (χ4v) is 3.38. The van der Waals surface area contributed by atoms with Crippen LogP contribution in [0.1, 0.15) is 27.3 Å². The number of halogens is 2. The molecule has 0 aliphatic heterocycles. The number of nitrogen functional groups attached to an aromatic ring is 1. The van der Waals surface area contributed by atoms with Crippen LogP contribution in [0, 0.1) is 13.8 Å². The average Bonchev–Trinajstić information content (AvgIpc) is 2.89. The van der Waals surface area contributed by atoms with E-state index in [4.69, 9.17) is 28.9 Å². The van der Waals surface area contributed by atoms with Crippen molar-refractivity contribution in [2.24, 2.45) is 0 Å². The zero-order chi connectivity index (χ0) is 18.8. The molecule has 1 heterocycles. The van der Waals surface area contributed by atoms with Gasteiger partial charge in [-0.2, -0.15) is 0 Å². The largest absolute Gasteiger partial charge is 0.396 e. The minimum Gasteiger partial charge on any atom is -0.396 e. The van der Waals surface area contributed by atoms with E-state index >= 15 is 0 Å². The second kappa shape index (κ2) is 7.44. The summed E-state index contributed by atoms with van der Waals surface area (Å²) in [6, 6.07) is 15.2. The smallest absolute Gasteiger partial charge is 0.257 e. The molecule has 0 saturated heterocycles. The van der Waals surface area contributed by atoms with Gasteiger partial charge in [0.15, 0.2) is 0 Å². The first-order valence-electron chi connectivity index (χ1n) is 8.13. The van der Waals surface area contributed by atoms with Gasteiger partial charge in [-0.25, -0.2) is 0 Å². The Balaban J connectivity index is 1.85. The van der Waals surface area contributed by atoms with Crippen LogP contribution in [-0.4, -0.2) is 10.5 Å². The number of hydrogen-bond acceptors (Lipinski definition) is 2. The molecule has 3 N–H and O–H groups in total. The van der Waals surface area contributed by atoms with Gasteiger partial charge < -0.3 is 15.6 Å². The van der Waals surface area contributed by atoms with Crippen molar-refractivity contribution in [1.82, 2.24) is 4.57 Å². The van der Waals surface area contributed by atoms with Crippen molar-refractivity contribution in [3.63, 3.8) is 0 Å². The Morgan fingerprint density at radius 3 is 2.31 bits per heavy atom. The van der Waals surface area contributed by atoms with Gasteiger partial charge in [-0.15, -0.1) is 0 Å². The van der Waals surface area contributed by atoms with Crippen molar-refractivity contribution in [3.05, 3.63) is 81.1 Å². The van der Waals surface area contributed by atoms with E-state index in [2.05, 4.69) is 22.0 Å². The zero-order valence-corrected chi connectivity index (χ0v) is 16.0. The van der Waals surface area contributed by atoms with E-state index in [1.807, 2.05) is 38.1 Å². The lowest BCUT2D eigenvalue weighted by atomic mass is 10.2. The third-order valence-corrected chi connectivity index (χ3v) is 4.96. The fourth-order valence-electron chi connectivity index (χ4n) is 2.90. The number of nitrogens with two attached hydrogens (primary N) is 1. The number of nitrogens with zero attached hydrogens (tertiary/aromatic N) is 1. The summed E-state index contributed by atoms with van der Waals surface area (Å²) in [6.45, 7) is 4.64. The molecular weight excluding hydrogens is 369 g/mol. The summed E-state index contributed by atoms with van der Waals surface area (Å²) in [7, 11) is 0. The Labute approximate surface area is 162 Å². The number of aryl methyl sites for hydroxylation is 1. The van der Waals surface area contributed by atoms with Crippen LogP contribution in [-0.2, 0) is 6.54 Å². The molecule has 3 aromatic rings.